The Labute approximate surface area is 107 Å². The maximum absolute atomic E-state index is 5.59. The number of aryl methyl sites for hydroxylation is 1. The smallest absolute Gasteiger partial charge is 0.292 e. The summed E-state index contributed by atoms with van der Waals surface area (Å²) in [6.45, 7) is 5.89. The summed E-state index contributed by atoms with van der Waals surface area (Å²) in [4.78, 5) is 4.16. The third-order valence-electron chi connectivity index (χ3n) is 2.58. The van der Waals surface area contributed by atoms with Crippen LogP contribution in [0.5, 0.6) is 5.75 Å². The summed E-state index contributed by atoms with van der Waals surface area (Å²) in [5.74, 6) is 1.65. The van der Waals surface area contributed by atoms with Crippen molar-refractivity contribution in [1.82, 2.24) is 4.98 Å². The van der Waals surface area contributed by atoms with Crippen LogP contribution >= 0.6 is 0 Å². The third kappa shape index (κ3) is 3.03. The molecule has 18 heavy (non-hydrogen) atoms. The van der Waals surface area contributed by atoms with Crippen molar-refractivity contribution >= 4 is 6.01 Å². The van der Waals surface area contributed by atoms with E-state index in [-0.39, 0.29) is 12.1 Å². The van der Waals surface area contributed by atoms with E-state index in [1.807, 2.05) is 45.0 Å². The van der Waals surface area contributed by atoms with E-state index in [2.05, 4.69) is 4.98 Å². The Morgan fingerprint density at radius 1 is 1.28 bits per heavy atom. The Kier molecular flexibility index (Phi) is 3.55. The zero-order chi connectivity index (χ0) is 13.1. The Bertz CT molecular complexity index is 515. The number of benzene rings is 1. The molecule has 0 amide bonds. The average Bonchev–Trinajstić information content (AvgIpc) is 2.59. The fraction of sp³-hybridized carbons (Fsp3) is 0.357. The van der Waals surface area contributed by atoms with Crippen molar-refractivity contribution < 1.29 is 9.15 Å². The van der Waals surface area contributed by atoms with Crippen LogP contribution in [0.1, 0.15) is 30.9 Å². The molecule has 0 bridgehead atoms. The maximum Gasteiger partial charge on any atom is 0.292 e. The lowest BCUT2D eigenvalue weighted by Gasteiger charge is -2.09. The van der Waals surface area contributed by atoms with Crippen molar-refractivity contribution in [2.75, 3.05) is 5.73 Å². The monoisotopic (exact) mass is 246 g/mol. The quantitative estimate of drug-likeness (QED) is 0.901. The van der Waals surface area contributed by atoms with Gasteiger partial charge in [-0.3, -0.25) is 0 Å². The van der Waals surface area contributed by atoms with Crippen LogP contribution in [0, 0.1) is 6.92 Å². The van der Waals surface area contributed by atoms with Crippen LogP contribution in [-0.2, 0) is 6.42 Å². The van der Waals surface area contributed by atoms with Crippen molar-refractivity contribution in [1.29, 1.82) is 0 Å². The van der Waals surface area contributed by atoms with Gasteiger partial charge < -0.3 is 14.9 Å². The molecule has 4 nitrogen and oxygen atoms in total. The van der Waals surface area contributed by atoms with E-state index < -0.39 is 0 Å². The molecule has 2 N–H and O–H groups in total. The molecule has 0 atom stereocenters. The normalized spacial score (nSPS) is 10.9. The molecule has 0 spiro atoms. The molecule has 2 aromatic rings. The highest BCUT2D eigenvalue weighted by Crippen LogP contribution is 2.18. The van der Waals surface area contributed by atoms with Gasteiger partial charge in [0, 0.05) is 6.42 Å². The molecule has 1 heterocycles. The Hall–Kier alpha value is -1.97. The van der Waals surface area contributed by atoms with Gasteiger partial charge in [-0.15, -0.1) is 0 Å². The van der Waals surface area contributed by atoms with E-state index in [0.717, 1.165) is 22.8 Å². The predicted molar refractivity (Wildman–Crippen MR) is 70.7 cm³/mol. The molecule has 1 aromatic carbocycles. The van der Waals surface area contributed by atoms with Crippen LogP contribution < -0.4 is 10.5 Å². The lowest BCUT2D eigenvalue weighted by atomic mass is 10.1. The summed E-state index contributed by atoms with van der Waals surface area (Å²) in [6.07, 6.45) is 0.905. The van der Waals surface area contributed by atoms with E-state index in [1.165, 1.54) is 0 Å². The van der Waals surface area contributed by atoms with Crippen molar-refractivity contribution in [2.24, 2.45) is 0 Å². The Morgan fingerprint density at radius 3 is 2.44 bits per heavy atom. The van der Waals surface area contributed by atoms with Gasteiger partial charge in [-0.2, -0.15) is 4.98 Å². The average molecular weight is 246 g/mol. The summed E-state index contributed by atoms with van der Waals surface area (Å²) in [5, 5.41) is 0. The molecule has 0 saturated carbocycles. The van der Waals surface area contributed by atoms with Gasteiger partial charge in [0.2, 0.25) is 0 Å². The Morgan fingerprint density at radius 2 is 1.94 bits per heavy atom. The van der Waals surface area contributed by atoms with Gasteiger partial charge in [0.1, 0.15) is 11.5 Å². The van der Waals surface area contributed by atoms with Gasteiger partial charge in [0.15, 0.2) is 0 Å². The van der Waals surface area contributed by atoms with Crippen molar-refractivity contribution in [3.05, 3.63) is 41.3 Å². The van der Waals surface area contributed by atoms with Crippen LogP contribution in [0.25, 0.3) is 0 Å². The Balaban J connectivity index is 2.08. The highest BCUT2D eigenvalue weighted by molar-refractivity contribution is 5.31. The molecule has 0 saturated heterocycles. The number of nitrogens with zero attached hydrogens (tertiary/aromatic N) is 1. The first-order valence-corrected chi connectivity index (χ1v) is 6.02. The van der Waals surface area contributed by atoms with Gasteiger partial charge in [-0.05, 0) is 38.5 Å². The molecule has 0 unspecified atom stereocenters. The van der Waals surface area contributed by atoms with E-state index in [4.69, 9.17) is 14.9 Å². The molecule has 96 valence electrons. The number of nitrogen functional groups attached to an aromatic ring is 1. The number of anilines is 1. The van der Waals surface area contributed by atoms with Crippen LogP contribution in [0.4, 0.5) is 6.01 Å². The van der Waals surface area contributed by atoms with E-state index in [0.29, 0.717) is 6.42 Å². The topological polar surface area (TPSA) is 61.3 Å². The molecule has 2 rings (SSSR count). The standard InChI is InChI=1S/C14H18N2O2/c1-9(2)17-12-6-4-11(5-7-12)8-13-10(3)18-14(15)16-13/h4-7,9H,8H2,1-3H3,(H2,15,16). The number of oxazole rings is 1. The van der Waals surface area contributed by atoms with E-state index in [9.17, 15) is 0 Å². The number of rotatable bonds is 4. The minimum atomic E-state index is 0.188. The lowest BCUT2D eigenvalue weighted by Crippen LogP contribution is -2.05. The first-order valence-electron chi connectivity index (χ1n) is 6.02. The van der Waals surface area contributed by atoms with Gasteiger partial charge >= 0.3 is 0 Å². The second-order valence-electron chi connectivity index (χ2n) is 4.54. The van der Waals surface area contributed by atoms with Gasteiger partial charge in [-0.25, -0.2) is 0 Å². The molecule has 0 aliphatic carbocycles. The van der Waals surface area contributed by atoms with Crippen molar-refractivity contribution in [2.45, 2.75) is 33.3 Å². The number of nitrogens with two attached hydrogens (primary N) is 1. The first kappa shape index (κ1) is 12.5. The number of aromatic nitrogens is 1. The minimum absolute atomic E-state index is 0.188. The molecular formula is C14H18N2O2. The largest absolute Gasteiger partial charge is 0.491 e. The third-order valence-corrected chi connectivity index (χ3v) is 2.58. The molecule has 1 aromatic heterocycles. The number of hydrogen-bond acceptors (Lipinski definition) is 4. The van der Waals surface area contributed by atoms with Crippen molar-refractivity contribution in [3.8, 4) is 5.75 Å². The van der Waals surface area contributed by atoms with E-state index >= 15 is 0 Å². The fourth-order valence-electron chi connectivity index (χ4n) is 1.77. The second kappa shape index (κ2) is 5.12. The number of hydrogen-bond donors (Lipinski definition) is 1. The lowest BCUT2D eigenvalue weighted by molar-refractivity contribution is 0.242. The molecule has 0 fully saturated rings. The summed E-state index contributed by atoms with van der Waals surface area (Å²) < 4.78 is 10.8. The zero-order valence-electron chi connectivity index (χ0n) is 10.9. The first-order chi connectivity index (χ1) is 8.54. The number of ether oxygens (including phenoxy) is 1. The molecule has 4 heteroatoms. The van der Waals surface area contributed by atoms with Gasteiger partial charge in [0.25, 0.3) is 6.01 Å². The predicted octanol–water partition coefficient (Wildman–Crippen LogP) is 2.94. The zero-order valence-corrected chi connectivity index (χ0v) is 10.9. The highest BCUT2D eigenvalue weighted by atomic mass is 16.5. The second-order valence-corrected chi connectivity index (χ2v) is 4.54. The molecular weight excluding hydrogens is 228 g/mol. The molecule has 0 aliphatic rings. The van der Waals surface area contributed by atoms with Crippen molar-refractivity contribution in [3.63, 3.8) is 0 Å². The van der Waals surface area contributed by atoms with Crippen LogP contribution in [0.2, 0.25) is 0 Å². The van der Waals surface area contributed by atoms with Crippen LogP contribution in [-0.4, -0.2) is 11.1 Å². The van der Waals surface area contributed by atoms with Crippen LogP contribution in [0.3, 0.4) is 0 Å². The molecule has 0 radical (unpaired) electrons. The minimum Gasteiger partial charge on any atom is -0.491 e. The fourth-order valence-corrected chi connectivity index (χ4v) is 1.77. The summed E-state index contributed by atoms with van der Waals surface area (Å²) in [7, 11) is 0. The summed E-state index contributed by atoms with van der Waals surface area (Å²) >= 11 is 0. The van der Waals surface area contributed by atoms with Gasteiger partial charge in [0.05, 0.1) is 11.8 Å². The summed E-state index contributed by atoms with van der Waals surface area (Å²) in [5.41, 5.74) is 7.55. The summed E-state index contributed by atoms with van der Waals surface area (Å²) in [6, 6.07) is 8.22. The SMILES string of the molecule is Cc1oc(N)nc1Cc1ccc(OC(C)C)cc1. The van der Waals surface area contributed by atoms with E-state index in [1.54, 1.807) is 0 Å². The molecule has 0 aliphatic heterocycles. The van der Waals surface area contributed by atoms with Gasteiger partial charge in [-0.1, -0.05) is 12.1 Å². The highest BCUT2D eigenvalue weighted by Gasteiger charge is 2.08. The maximum atomic E-state index is 5.59. The van der Waals surface area contributed by atoms with Crippen LogP contribution in [0.15, 0.2) is 28.7 Å².